The molecular weight excluding hydrogens is 290 g/mol. The summed E-state index contributed by atoms with van der Waals surface area (Å²) in [6, 6.07) is 8.01. The first-order valence-electron chi connectivity index (χ1n) is 8.36. The summed E-state index contributed by atoms with van der Waals surface area (Å²) >= 11 is 0. The second kappa shape index (κ2) is 5.80. The zero-order chi connectivity index (χ0) is 15.8. The summed E-state index contributed by atoms with van der Waals surface area (Å²) in [4.78, 5) is 18.7. The normalized spacial score (nSPS) is 22.7. The summed E-state index contributed by atoms with van der Waals surface area (Å²) < 4.78 is 5.29. The molecule has 2 aliphatic rings. The van der Waals surface area contributed by atoms with Gasteiger partial charge in [0.05, 0.1) is 0 Å². The van der Waals surface area contributed by atoms with Gasteiger partial charge in [0.2, 0.25) is 17.6 Å². The fourth-order valence-corrected chi connectivity index (χ4v) is 3.51. The maximum absolute atomic E-state index is 12.3. The van der Waals surface area contributed by atoms with E-state index < -0.39 is 0 Å². The molecule has 0 spiro atoms. The molecule has 2 aromatic rings. The molecule has 0 bridgehead atoms. The Kier molecular flexibility index (Phi) is 3.63. The van der Waals surface area contributed by atoms with Gasteiger partial charge in [0.1, 0.15) is 0 Å². The summed E-state index contributed by atoms with van der Waals surface area (Å²) in [6.45, 7) is 3.94. The second-order valence-electron chi connectivity index (χ2n) is 6.77. The number of rotatable bonds is 4. The Morgan fingerprint density at radius 3 is 2.57 bits per heavy atom. The van der Waals surface area contributed by atoms with Gasteiger partial charge in [0, 0.05) is 31.5 Å². The van der Waals surface area contributed by atoms with Crippen LogP contribution in [0.15, 0.2) is 28.8 Å². The van der Waals surface area contributed by atoms with Crippen LogP contribution in [0.1, 0.15) is 30.7 Å². The predicted octanol–water partition coefficient (Wildman–Crippen LogP) is 2.85. The molecule has 2 heterocycles. The lowest BCUT2D eigenvalue weighted by Gasteiger charge is -2.27. The van der Waals surface area contributed by atoms with Crippen molar-refractivity contribution in [1.82, 2.24) is 15.0 Å². The minimum atomic E-state index is 0.217. The van der Waals surface area contributed by atoms with E-state index in [1.165, 1.54) is 18.4 Å². The lowest BCUT2D eigenvalue weighted by atomic mass is 9.77. The molecule has 1 aliphatic heterocycles. The zero-order valence-electron chi connectivity index (χ0n) is 13.4. The van der Waals surface area contributed by atoms with Crippen molar-refractivity contribution in [3.8, 4) is 11.4 Å². The largest absolute Gasteiger partial charge is 0.342 e. The molecule has 0 radical (unpaired) electrons. The van der Waals surface area contributed by atoms with Gasteiger partial charge >= 0.3 is 0 Å². The lowest BCUT2D eigenvalue weighted by molar-refractivity contribution is -0.130. The number of hydrogen-bond acceptors (Lipinski definition) is 4. The Morgan fingerprint density at radius 2 is 1.91 bits per heavy atom. The number of amides is 1. The first kappa shape index (κ1) is 14.4. The van der Waals surface area contributed by atoms with Gasteiger partial charge in [-0.1, -0.05) is 35.0 Å². The smallest absolute Gasteiger partial charge is 0.227 e. The van der Waals surface area contributed by atoms with Crippen LogP contribution >= 0.6 is 0 Å². The number of benzene rings is 1. The van der Waals surface area contributed by atoms with Gasteiger partial charge in [-0.25, -0.2) is 0 Å². The topological polar surface area (TPSA) is 59.2 Å². The molecule has 2 fully saturated rings. The maximum atomic E-state index is 12.3. The van der Waals surface area contributed by atoms with E-state index in [2.05, 4.69) is 10.1 Å². The molecule has 120 valence electrons. The summed E-state index contributed by atoms with van der Waals surface area (Å²) in [5, 5.41) is 4.01. The Morgan fingerprint density at radius 1 is 1.22 bits per heavy atom. The minimum absolute atomic E-state index is 0.217. The van der Waals surface area contributed by atoms with E-state index in [-0.39, 0.29) is 5.91 Å². The van der Waals surface area contributed by atoms with E-state index in [1.54, 1.807) is 0 Å². The van der Waals surface area contributed by atoms with Crippen LogP contribution in [0.4, 0.5) is 0 Å². The second-order valence-corrected chi connectivity index (χ2v) is 6.77. The van der Waals surface area contributed by atoms with E-state index in [1.807, 2.05) is 36.1 Å². The monoisotopic (exact) mass is 311 g/mol. The van der Waals surface area contributed by atoms with E-state index in [9.17, 15) is 4.79 Å². The molecule has 1 saturated carbocycles. The van der Waals surface area contributed by atoms with Crippen molar-refractivity contribution < 1.29 is 9.32 Å². The molecular formula is C18H21N3O2. The number of aryl methyl sites for hydroxylation is 2. The Hall–Kier alpha value is -2.17. The highest BCUT2D eigenvalue weighted by Gasteiger charge is 2.40. The van der Waals surface area contributed by atoms with Gasteiger partial charge in [0.15, 0.2) is 0 Å². The van der Waals surface area contributed by atoms with Crippen LogP contribution < -0.4 is 0 Å². The van der Waals surface area contributed by atoms with E-state index in [0.717, 1.165) is 30.5 Å². The van der Waals surface area contributed by atoms with Crippen LogP contribution in [0.5, 0.6) is 0 Å². The number of likely N-dealkylation sites (tertiary alicyclic amines) is 1. The van der Waals surface area contributed by atoms with Crippen molar-refractivity contribution in [3.05, 3.63) is 35.7 Å². The lowest BCUT2D eigenvalue weighted by Crippen LogP contribution is -2.28. The summed E-state index contributed by atoms with van der Waals surface area (Å²) in [7, 11) is 0. The Bertz CT molecular complexity index is 695. The minimum Gasteiger partial charge on any atom is -0.342 e. The van der Waals surface area contributed by atoms with E-state index >= 15 is 0 Å². The number of fused-ring (bicyclic) bond motifs is 1. The predicted molar refractivity (Wildman–Crippen MR) is 85.6 cm³/mol. The van der Waals surface area contributed by atoms with Crippen LogP contribution in [0, 0.1) is 18.8 Å². The molecule has 4 rings (SSSR count). The summed E-state index contributed by atoms with van der Waals surface area (Å²) in [5.41, 5.74) is 2.13. The summed E-state index contributed by atoms with van der Waals surface area (Å²) in [5.74, 6) is 2.86. The Labute approximate surface area is 135 Å². The van der Waals surface area contributed by atoms with Crippen molar-refractivity contribution in [2.75, 3.05) is 13.1 Å². The quantitative estimate of drug-likeness (QED) is 0.871. The molecule has 5 heteroatoms. The van der Waals surface area contributed by atoms with Crippen LogP contribution in [0.25, 0.3) is 11.4 Å². The number of nitrogens with zero attached hydrogens (tertiary/aromatic N) is 3. The van der Waals surface area contributed by atoms with Crippen LogP contribution in [-0.2, 0) is 11.2 Å². The van der Waals surface area contributed by atoms with Crippen molar-refractivity contribution in [2.24, 2.45) is 11.8 Å². The van der Waals surface area contributed by atoms with Gasteiger partial charge in [-0.15, -0.1) is 0 Å². The average Bonchev–Trinajstić information content (AvgIpc) is 3.11. The zero-order valence-corrected chi connectivity index (χ0v) is 13.4. The molecule has 1 saturated heterocycles. The Balaban J connectivity index is 1.34. The first-order chi connectivity index (χ1) is 11.2. The van der Waals surface area contributed by atoms with Crippen molar-refractivity contribution >= 4 is 5.91 Å². The third-order valence-corrected chi connectivity index (χ3v) is 5.17. The fourth-order valence-electron chi connectivity index (χ4n) is 3.51. The highest BCUT2D eigenvalue weighted by molar-refractivity contribution is 5.76. The van der Waals surface area contributed by atoms with Crippen molar-refractivity contribution in [1.29, 1.82) is 0 Å². The molecule has 0 N–H and O–H groups in total. The van der Waals surface area contributed by atoms with Gasteiger partial charge in [0.25, 0.3) is 0 Å². The standard InChI is InChI=1S/C18H21N3O2/c1-12-2-4-13(5-3-12)18-19-16(23-20-18)8-9-17(22)21-10-14-6-7-15(14)11-21/h2-5,14-15H,6-11H2,1H3/t14-,15+. The molecule has 5 nitrogen and oxygen atoms in total. The molecule has 2 atom stereocenters. The molecule has 1 aromatic carbocycles. The van der Waals surface area contributed by atoms with Gasteiger partial charge < -0.3 is 9.42 Å². The number of carbonyl (C=O) groups is 1. The molecule has 1 aromatic heterocycles. The number of aromatic nitrogens is 2. The molecule has 1 amide bonds. The highest BCUT2D eigenvalue weighted by Crippen LogP contribution is 2.40. The van der Waals surface area contributed by atoms with Gasteiger partial charge in [-0.05, 0) is 31.6 Å². The third kappa shape index (κ3) is 2.87. The van der Waals surface area contributed by atoms with Crippen molar-refractivity contribution in [2.45, 2.75) is 32.6 Å². The molecule has 23 heavy (non-hydrogen) atoms. The third-order valence-electron chi connectivity index (χ3n) is 5.17. The van der Waals surface area contributed by atoms with Gasteiger partial charge in [-0.3, -0.25) is 4.79 Å². The average molecular weight is 311 g/mol. The molecule has 1 aliphatic carbocycles. The maximum Gasteiger partial charge on any atom is 0.227 e. The summed E-state index contributed by atoms with van der Waals surface area (Å²) in [6.07, 6.45) is 3.55. The number of carbonyl (C=O) groups excluding carboxylic acids is 1. The van der Waals surface area contributed by atoms with E-state index in [4.69, 9.17) is 4.52 Å². The van der Waals surface area contributed by atoms with Crippen LogP contribution in [0.3, 0.4) is 0 Å². The van der Waals surface area contributed by atoms with Crippen molar-refractivity contribution in [3.63, 3.8) is 0 Å². The first-order valence-corrected chi connectivity index (χ1v) is 8.36. The highest BCUT2D eigenvalue weighted by atomic mass is 16.5. The fraction of sp³-hybridized carbons (Fsp3) is 0.500. The van der Waals surface area contributed by atoms with Crippen LogP contribution in [-0.4, -0.2) is 34.0 Å². The molecule has 0 unspecified atom stereocenters. The SMILES string of the molecule is Cc1ccc(-c2noc(CCC(=O)N3C[C@H]4CC[C@H]4C3)n2)cc1. The van der Waals surface area contributed by atoms with Crippen LogP contribution in [0.2, 0.25) is 0 Å². The van der Waals surface area contributed by atoms with Gasteiger partial charge in [-0.2, -0.15) is 4.98 Å². The number of hydrogen-bond donors (Lipinski definition) is 0. The van der Waals surface area contributed by atoms with E-state index in [0.29, 0.717) is 24.6 Å².